The first-order valence-electron chi connectivity index (χ1n) is 3.25. The van der Waals surface area contributed by atoms with Crippen LogP contribution in [0.1, 0.15) is 5.82 Å². The molecule has 0 atom stereocenters. The summed E-state index contributed by atoms with van der Waals surface area (Å²) in [5.41, 5.74) is 0.0473. The molecular formula is C6H2F3N4. The van der Waals surface area contributed by atoms with Gasteiger partial charge in [0.05, 0.1) is 0 Å². The number of aromatic nitrogens is 4. The zero-order valence-electron chi connectivity index (χ0n) is 6.08. The third-order valence-electron chi connectivity index (χ3n) is 1.38. The molecule has 0 bridgehead atoms. The fourth-order valence-electron chi connectivity index (χ4n) is 0.874. The Balaban J connectivity index is 2.72. The van der Waals surface area contributed by atoms with Crippen molar-refractivity contribution in [3.05, 3.63) is 24.2 Å². The van der Waals surface area contributed by atoms with Crippen LogP contribution in [0.25, 0.3) is 5.65 Å². The molecule has 0 aromatic carbocycles. The second-order valence-corrected chi connectivity index (χ2v) is 2.25. The third kappa shape index (κ3) is 1.21. The number of alkyl halides is 3. The molecule has 1 radical (unpaired) electrons. The molecule has 4 nitrogen and oxygen atoms in total. The Morgan fingerprint density at radius 1 is 1.31 bits per heavy atom. The normalized spacial score (nSPS) is 12.2. The molecule has 0 aliphatic carbocycles. The maximum absolute atomic E-state index is 12.2. The van der Waals surface area contributed by atoms with Crippen molar-refractivity contribution >= 4 is 5.65 Å². The van der Waals surface area contributed by atoms with Crippen molar-refractivity contribution in [2.45, 2.75) is 6.18 Å². The van der Waals surface area contributed by atoms with E-state index >= 15 is 0 Å². The first-order valence-corrected chi connectivity index (χ1v) is 3.25. The number of hydrogen-bond donors (Lipinski definition) is 0. The fraction of sp³-hybridized carbons (Fsp3) is 0.167. The van der Waals surface area contributed by atoms with Crippen LogP contribution in [-0.4, -0.2) is 19.8 Å². The third-order valence-corrected chi connectivity index (χ3v) is 1.38. The van der Waals surface area contributed by atoms with Crippen molar-refractivity contribution in [1.82, 2.24) is 19.8 Å². The summed E-state index contributed by atoms with van der Waals surface area (Å²) in [7, 11) is 0. The van der Waals surface area contributed by atoms with E-state index in [9.17, 15) is 13.2 Å². The lowest BCUT2D eigenvalue weighted by molar-refractivity contribution is -0.146. The quantitative estimate of drug-likeness (QED) is 0.616. The van der Waals surface area contributed by atoms with Gasteiger partial charge < -0.3 is 0 Å². The highest BCUT2D eigenvalue weighted by Gasteiger charge is 2.37. The summed E-state index contributed by atoms with van der Waals surface area (Å²) in [4.78, 5) is 0. The molecule has 0 aliphatic heterocycles. The van der Waals surface area contributed by atoms with Gasteiger partial charge in [0.25, 0.3) is 5.82 Å². The molecule has 0 spiro atoms. The van der Waals surface area contributed by atoms with Crippen LogP contribution < -0.4 is 0 Å². The van der Waals surface area contributed by atoms with Gasteiger partial charge in [-0.25, -0.2) is 0 Å². The highest BCUT2D eigenvalue weighted by molar-refractivity contribution is 5.34. The van der Waals surface area contributed by atoms with E-state index in [2.05, 4.69) is 21.5 Å². The van der Waals surface area contributed by atoms with Gasteiger partial charge in [0.2, 0.25) is 0 Å². The Kier molecular flexibility index (Phi) is 1.48. The van der Waals surface area contributed by atoms with Crippen LogP contribution in [0.15, 0.2) is 12.1 Å². The highest BCUT2D eigenvalue weighted by Crippen LogP contribution is 2.26. The summed E-state index contributed by atoms with van der Waals surface area (Å²) >= 11 is 0. The molecule has 67 valence electrons. The first kappa shape index (κ1) is 7.96. The topological polar surface area (TPSA) is 43.1 Å². The Morgan fingerprint density at radius 3 is 2.77 bits per heavy atom. The molecule has 2 heterocycles. The van der Waals surface area contributed by atoms with Crippen LogP contribution >= 0.6 is 0 Å². The van der Waals surface area contributed by atoms with Crippen molar-refractivity contribution < 1.29 is 13.2 Å². The molecule has 7 heteroatoms. The largest absolute Gasteiger partial charge is 0.453 e. The summed E-state index contributed by atoms with van der Waals surface area (Å²) < 4.78 is 37.1. The van der Waals surface area contributed by atoms with Gasteiger partial charge in [0.15, 0.2) is 5.65 Å². The van der Waals surface area contributed by atoms with Crippen molar-refractivity contribution in [3.8, 4) is 0 Å². The lowest BCUT2D eigenvalue weighted by atomic mass is 10.5. The Bertz CT molecular complexity index is 433. The number of rotatable bonds is 0. The highest BCUT2D eigenvalue weighted by atomic mass is 19.4. The van der Waals surface area contributed by atoms with E-state index in [-0.39, 0.29) is 5.65 Å². The molecule has 13 heavy (non-hydrogen) atoms. The summed E-state index contributed by atoms with van der Waals surface area (Å²) in [6.07, 6.45) is -2.27. The smallest absolute Gasteiger partial charge is 0.188 e. The molecule has 0 saturated heterocycles. The van der Waals surface area contributed by atoms with Gasteiger partial charge in [-0.3, -0.25) is 0 Å². The number of nitrogens with zero attached hydrogens (tertiary/aromatic N) is 4. The minimum atomic E-state index is -4.54. The SMILES string of the molecule is FC(F)(F)c1nnc2cc[c]nn12. The van der Waals surface area contributed by atoms with Gasteiger partial charge in [-0.15, -0.1) is 10.2 Å². The van der Waals surface area contributed by atoms with Crippen molar-refractivity contribution in [2.75, 3.05) is 0 Å². The summed E-state index contributed by atoms with van der Waals surface area (Å²) in [6.45, 7) is 0. The van der Waals surface area contributed by atoms with Crippen molar-refractivity contribution in [3.63, 3.8) is 0 Å². The van der Waals surface area contributed by atoms with E-state index in [1.54, 1.807) is 0 Å². The molecule has 2 aromatic rings. The predicted octanol–water partition coefficient (Wildman–Crippen LogP) is 0.943. The zero-order valence-corrected chi connectivity index (χ0v) is 6.08. The fourth-order valence-corrected chi connectivity index (χ4v) is 0.874. The predicted molar refractivity (Wildman–Crippen MR) is 34.6 cm³/mol. The van der Waals surface area contributed by atoms with Crippen LogP contribution in [0.2, 0.25) is 0 Å². The van der Waals surface area contributed by atoms with E-state index in [1.807, 2.05) is 0 Å². The molecule has 0 aliphatic rings. The van der Waals surface area contributed by atoms with Crippen molar-refractivity contribution in [2.24, 2.45) is 0 Å². The van der Waals surface area contributed by atoms with E-state index in [1.165, 1.54) is 12.1 Å². The number of fused-ring (bicyclic) bond motifs is 1. The minimum absolute atomic E-state index is 0.0473. The number of hydrogen-bond acceptors (Lipinski definition) is 3. The van der Waals surface area contributed by atoms with Crippen LogP contribution in [0.5, 0.6) is 0 Å². The average Bonchev–Trinajstić information content (AvgIpc) is 2.45. The molecule has 2 aromatic heterocycles. The Hall–Kier alpha value is -1.66. The van der Waals surface area contributed by atoms with Gasteiger partial charge in [-0.2, -0.15) is 22.8 Å². The Labute approximate surface area is 70.0 Å². The zero-order chi connectivity index (χ0) is 9.47. The maximum Gasteiger partial charge on any atom is 0.453 e. The van der Waals surface area contributed by atoms with Gasteiger partial charge in [-0.1, -0.05) is 0 Å². The van der Waals surface area contributed by atoms with Gasteiger partial charge in [-0.05, 0) is 12.1 Å². The summed E-state index contributed by atoms with van der Waals surface area (Å²) in [5, 5.41) is 9.62. The van der Waals surface area contributed by atoms with Crippen molar-refractivity contribution in [1.29, 1.82) is 0 Å². The molecular weight excluding hydrogens is 185 g/mol. The van der Waals surface area contributed by atoms with Crippen LogP contribution in [-0.2, 0) is 6.18 Å². The average molecular weight is 187 g/mol. The second-order valence-electron chi connectivity index (χ2n) is 2.25. The summed E-state index contributed by atoms with van der Waals surface area (Å²) in [5.74, 6) is -1.14. The van der Waals surface area contributed by atoms with E-state index in [0.717, 1.165) is 0 Å². The Morgan fingerprint density at radius 2 is 2.08 bits per heavy atom. The molecule has 0 saturated carbocycles. The lowest BCUT2D eigenvalue weighted by Crippen LogP contribution is -2.12. The molecule has 2 rings (SSSR count). The van der Waals surface area contributed by atoms with E-state index in [0.29, 0.717) is 4.52 Å². The molecule has 0 N–H and O–H groups in total. The van der Waals surface area contributed by atoms with E-state index < -0.39 is 12.0 Å². The van der Waals surface area contributed by atoms with Crippen LogP contribution in [0, 0.1) is 6.20 Å². The van der Waals surface area contributed by atoms with E-state index in [4.69, 9.17) is 0 Å². The minimum Gasteiger partial charge on any atom is -0.188 e. The standard InChI is InChI=1S/C6H2F3N4/c7-6(8,9)5-12-11-4-2-1-3-10-13(4)5/h1-2H. The second kappa shape index (κ2) is 2.41. The first-order chi connectivity index (χ1) is 6.09. The monoisotopic (exact) mass is 187 g/mol. The van der Waals surface area contributed by atoms with Crippen LogP contribution in [0.4, 0.5) is 13.2 Å². The molecule has 0 unspecified atom stereocenters. The van der Waals surface area contributed by atoms with Gasteiger partial charge in [0.1, 0.15) is 6.20 Å². The van der Waals surface area contributed by atoms with Crippen LogP contribution in [0.3, 0.4) is 0 Å². The van der Waals surface area contributed by atoms with Gasteiger partial charge >= 0.3 is 6.18 Å². The lowest BCUT2D eigenvalue weighted by Gasteiger charge is -2.00. The summed E-state index contributed by atoms with van der Waals surface area (Å²) in [6, 6.07) is 2.71. The molecule has 0 amide bonds. The van der Waals surface area contributed by atoms with Gasteiger partial charge in [0, 0.05) is 0 Å². The maximum atomic E-state index is 12.2. The molecule has 0 fully saturated rings. The number of halogens is 3.